The van der Waals surface area contributed by atoms with Crippen molar-refractivity contribution < 1.29 is 9.90 Å². The van der Waals surface area contributed by atoms with E-state index in [2.05, 4.69) is 15.6 Å². The number of imidazole rings is 1. The fourth-order valence-corrected chi connectivity index (χ4v) is 2.59. The number of carbonyl (C=O) groups is 1. The average molecular weight is 338 g/mol. The van der Waals surface area contributed by atoms with Crippen LogP contribution in [0.2, 0.25) is 0 Å². The van der Waals surface area contributed by atoms with E-state index in [9.17, 15) is 9.90 Å². The molecule has 6 heteroatoms. The molecule has 0 aliphatic heterocycles. The van der Waals surface area contributed by atoms with E-state index in [1.54, 1.807) is 6.92 Å². The first-order valence-corrected chi connectivity index (χ1v) is 8.26. The molecule has 3 aromatic rings. The number of aromatic nitrogens is 2. The van der Waals surface area contributed by atoms with Crippen LogP contribution in [0, 0.1) is 6.92 Å². The fourth-order valence-electron chi connectivity index (χ4n) is 2.59. The topological polar surface area (TPSA) is 79.2 Å². The molecule has 1 heterocycles. The molecule has 0 radical (unpaired) electrons. The van der Waals surface area contributed by atoms with Crippen molar-refractivity contribution in [3.63, 3.8) is 0 Å². The maximum absolute atomic E-state index is 12.5. The van der Waals surface area contributed by atoms with Gasteiger partial charge >= 0.3 is 0 Å². The lowest BCUT2D eigenvalue weighted by molar-refractivity contribution is -0.116. The number of aryl methyl sites for hydroxylation is 1. The SMILES string of the molecule is Cc1ccc(NC(=O)Cn2c(NC[C@H](C)O)nc3ccccc32)cc1. The molecule has 2 aromatic carbocycles. The third-order valence-corrected chi connectivity index (χ3v) is 3.85. The van der Waals surface area contributed by atoms with Gasteiger partial charge in [0.05, 0.1) is 17.1 Å². The third-order valence-electron chi connectivity index (χ3n) is 3.85. The minimum atomic E-state index is -0.505. The number of hydrogen-bond donors (Lipinski definition) is 3. The molecule has 130 valence electrons. The van der Waals surface area contributed by atoms with Crippen LogP contribution in [0.15, 0.2) is 48.5 Å². The van der Waals surface area contributed by atoms with Gasteiger partial charge in [-0.15, -0.1) is 0 Å². The predicted molar refractivity (Wildman–Crippen MR) is 99.7 cm³/mol. The van der Waals surface area contributed by atoms with Gasteiger partial charge < -0.3 is 20.3 Å². The van der Waals surface area contributed by atoms with E-state index in [1.165, 1.54) is 0 Å². The van der Waals surface area contributed by atoms with E-state index in [0.29, 0.717) is 12.5 Å². The Morgan fingerprint density at radius 1 is 1.20 bits per heavy atom. The second kappa shape index (κ2) is 7.36. The summed E-state index contributed by atoms with van der Waals surface area (Å²) in [7, 11) is 0. The summed E-state index contributed by atoms with van der Waals surface area (Å²) in [6.07, 6.45) is -0.505. The zero-order valence-corrected chi connectivity index (χ0v) is 14.4. The summed E-state index contributed by atoms with van der Waals surface area (Å²) >= 11 is 0. The van der Waals surface area contributed by atoms with Crippen LogP contribution >= 0.6 is 0 Å². The fraction of sp³-hybridized carbons (Fsp3) is 0.263. The van der Waals surface area contributed by atoms with Crippen LogP contribution in [0.25, 0.3) is 11.0 Å². The van der Waals surface area contributed by atoms with Gasteiger partial charge in [0.15, 0.2) is 0 Å². The number of benzene rings is 2. The molecule has 0 unspecified atom stereocenters. The van der Waals surface area contributed by atoms with Crippen LogP contribution in [0.5, 0.6) is 0 Å². The Bertz CT molecular complexity index is 869. The summed E-state index contributed by atoms with van der Waals surface area (Å²) in [4.78, 5) is 17.0. The van der Waals surface area contributed by atoms with Gasteiger partial charge in [-0.2, -0.15) is 0 Å². The zero-order chi connectivity index (χ0) is 17.8. The average Bonchev–Trinajstić information content (AvgIpc) is 2.93. The highest BCUT2D eigenvalue weighted by atomic mass is 16.3. The molecule has 0 saturated heterocycles. The van der Waals surface area contributed by atoms with Crippen molar-refractivity contribution in [1.29, 1.82) is 0 Å². The van der Waals surface area contributed by atoms with Gasteiger partial charge in [-0.1, -0.05) is 29.8 Å². The number of amides is 1. The molecule has 0 fully saturated rings. The van der Waals surface area contributed by atoms with Crippen LogP contribution < -0.4 is 10.6 Å². The molecule has 1 amide bonds. The molecular formula is C19H22N4O2. The van der Waals surface area contributed by atoms with Crippen molar-refractivity contribution in [3.05, 3.63) is 54.1 Å². The number of nitrogens with one attached hydrogen (secondary N) is 2. The van der Waals surface area contributed by atoms with Crippen LogP contribution in [0.1, 0.15) is 12.5 Å². The summed E-state index contributed by atoms with van der Waals surface area (Å²) in [5.41, 5.74) is 3.58. The van der Waals surface area contributed by atoms with Gasteiger partial charge in [0, 0.05) is 12.2 Å². The maximum atomic E-state index is 12.5. The highest BCUT2D eigenvalue weighted by molar-refractivity contribution is 5.92. The lowest BCUT2D eigenvalue weighted by Gasteiger charge is -2.12. The van der Waals surface area contributed by atoms with E-state index in [0.717, 1.165) is 22.3 Å². The smallest absolute Gasteiger partial charge is 0.244 e. The van der Waals surface area contributed by atoms with E-state index >= 15 is 0 Å². The van der Waals surface area contributed by atoms with Crippen LogP contribution in [0.3, 0.4) is 0 Å². The quantitative estimate of drug-likeness (QED) is 0.646. The summed E-state index contributed by atoms with van der Waals surface area (Å²) in [5.74, 6) is 0.438. The lowest BCUT2D eigenvalue weighted by atomic mass is 10.2. The van der Waals surface area contributed by atoms with Gasteiger partial charge in [-0.05, 0) is 38.1 Å². The van der Waals surface area contributed by atoms with Gasteiger partial charge in [0.1, 0.15) is 6.54 Å². The molecule has 0 aliphatic rings. The largest absolute Gasteiger partial charge is 0.392 e. The van der Waals surface area contributed by atoms with Gasteiger partial charge in [0.2, 0.25) is 11.9 Å². The molecule has 6 nitrogen and oxygen atoms in total. The van der Waals surface area contributed by atoms with E-state index < -0.39 is 6.10 Å². The lowest BCUT2D eigenvalue weighted by Crippen LogP contribution is -2.22. The van der Waals surface area contributed by atoms with Gasteiger partial charge in [-0.3, -0.25) is 4.79 Å². The molecule has 1 aromatic heterocycles. The molecule has 0 spiro atoms. The first-order valence-electron chi connectivity index (χ1n) is 8.26. The monoisotopic (exact) mass is 338 g/mol. The van der Waals surface area contributed by atoms with Crippen molar-refractivity contribution in [1.82, 2.24) is 9.55 Å². The number of aliphatic hydroxyl groups is 1. The Morgan fingerprint density at radius 2 is 1.92 bits per heavy atom. The molecule has 1 atom stereocenters. The van der Waals surface area contributed by atoms with Crippen LogP contribution in [0.4, 0.5) is 11.6 Å². The second-order valence-electron chi connectivity index (χ2n) is 6.15. The van der Waals surface area contributed by atoms with Crippen LogP contribution in [-0.2, 0) is 11.3 Å². The molecule has 0 saturated carbocycles. The Kier molecular flexibility index (Phi) is 5.00. The Hall–Kier alpha value is -2.86. The summed E-state index contributed by atoms with van der Waals surface area (Å²) in [6, 6.07) is 15.3. The highest BCUT2D eigenvalue weighted by Gasteiger charge is 2.14. The number of anilines is 2. The van der Waals surface area contributed by atoms with E-state index in [1.807, 2.05) is 60.0 Å². The summed E-state index contributed by atoms with van der Waals surface area (Å²) < 4.78 is 1.82. The van der Waals surface area contributed by atoms with Crippen molar-refractivity contribution in [2.45, 2.75) is 26.5 Å². The molecule has 0 aliphatic carbocycles. The molecule has 3 N–H and O–H groups in total. The highest BCUT2D eigenvalue weighted by Crippen LogP contribution is 2.20. The number of fused-ring (bicyclic) bond motifs is 1. The number of hydrogen-bond acceptors (Lipinski definition) is 4. The summed E-state index contributed by atoms with van der Waals surface area (Å²) in [5, 5.41) is 15.5. The van der Waals surface area contributed by atoms with Crippen LogP contribution in [-0.4, -0.2) is 33.2 Å². The molecule has 3 rings (SSSR count). The minimum Gasteiger partial charge on any atom is -0.392 e. The minimum absolute atomic E-state index is 0.132. The van der Waals surface area contributed by atoms with E-state index in [-0.39, 0.29) is 12.5 Å². The normalized spacial score (nSPS) is 12.1. The van der Waals surface area contributed by atoms with Crippen molar-refractivity contribution in [2.24, 2.45) is 0 Å². The molecule has 25 heavy (non-hydrogen) atoms. The van der Waals surface area contributed by atoms with Gasteiger partial charge in [-0.25, -0.2) is 4.98 Å². The first-order chi connectivity index (χ1) is 12.0. The van der Waals surface area contributed by atoms with Crippen molar-refractivity contribution in [2.75, 3.05) is 17.2 Å². The second-order valence-corrected chi connectivity index (χ2v) is 6.15. The predicted octanol–water partition coefficient (Wildman–Crippen LogP) is 2.78. The molecular weight excluding hydrogens is 316 g/mol. The maximum Gasteiger partial charge on any atom is 0.244 e. The Morgan fingerprint density at radius 3 is 2.64 bits per heavy atom. The number of aliphatic hydroxyl groups excluding tert-OH is 1. The number of carbonyl (C=O) groups excluding carboxylic acids is 1. The molecule has 0 bridgehead atoms. The standard InChI is InChI=1S/C19H22N4O2/c1-13-7-9-15(10-8-13)21-18(25)12-23-17-6-4-3-5-16(17)22-19(23)20-11-14(2)24/h3-10,14,24H,11-12H2,1-2H3,(H,20,22)(H,21,25)/t14-/m0/s1. The van der Waals surface area contributed by atoms with Crippen molar-refractivity contribution in [3.8, 4) is 0 Å². The Labute approximate surface area is 146 Å². The zero-order valence-electron chi connectivity index (χ0n) is 14.4. The number of para-hydroxylation sites is 2. The number of rotatable bonds is 6. The third kappa shape index (κ3) is 4.16. The summed E-state index contributed by atoms with van der Waals surface area (Å²) in [6.45, 7) is 4.20. The van der Waals surface area contributed by atoms with Crippen molar-refractivity contribution >= 4 is 28.6 Å². The van der Waals surface area contributed by atoms with Gasteiger partial charge in [0.25, 0.3) is 0 Å². The number of nitrogens with zero attached hydrogens (tertiary/aromatic N) is 2. The Balaban J connectivity index is 1.82. The van der Waals surface area contributed by atoms with E-state index in [4.69, 9.17) is 0 Å². The first kappa shape index (κ1) is 17.0.